The molecule has 2 N–H and O–H groups in total. The van der Waals surface area contributed by atoms with E-state index in [9.17, 15) is 9.65 Å². The van der Waals surface area contributed by atoms with Gasteiger partial charge >= 0.3 is 0 Å². The van der Waals surface area contributed by atoms with E-state index in [1.807, 2.05) is 10.5 Å². The van der Waals surface area contributed by atoms with E-state index < -0.39 is 11.6 Å². The summed E-state index contributed by atoms with van der Waals surface area (Å²) in [6.07, 6.45) is 5.00. The SMILES string of the molecule is Cc1noc2cc(-c3c(-c4ccc(C#N)c(F)c4)nc(N4CCC(N)CC4)n4ccnc34)c(F)cc12. The van der Waals surface area contributed by atoms with E-state index in [2.05, 4.69) is 15.0 Å². The lowest BCUT2D eigenvalue weighted by atomic mass is 9.97. The van der Waals surface area contributed by atoms with Gasteiger partial charge < -0.3 is 15.2 Å². The highest BCUT2D eigenvalue weighted by Crippen LogP contribution is 2.39. The summed E-state index contributed by atoms with van der Waals surface area (Å²) in [4.78, 5) is 11.6. The highest BCUT2D eigenvalue weighted by atomic mass is 19.1. The molecule has 4 heterocycles. The number of nitrogens with two attached hydrogens (primary N) is 1. The van der Waals surface area contributed by atoms with Gasteiger partial charge in [0, 0.05) is 48.0 Å². The lowest BCUT2D eigenvalue weighted by Gasteiger charge is -2.32. The first-order valence-corrected chi connectivity index (χ1v) is 11.6. The van der Waals surface area contributed by atoms with Gasteiger partial charge in [0.25, 0.3) is 0 Å². The first kappa shape index (κ1) is 22.1. The molecule has 0 aliphatic carbocycles. The molecule has 5 aromatic rings. The third-order valence-corrected chi connectivity index (χ3v) is 6.72. The molecule has 1 saturated heterocycles. The minimum Gasteiger partial charge on any atom is -0.356 e. The molecule has 1 aliphatic heterocycles. The van der Waals surface area contributed by atoms with Crippen LogP contribution in [0.25, 0.3) is 39.0 Å². The molecule has 3 aromatic heterocycles. The van der Waals surface area contributed by atoms with Gasteiger partial charge in [-0.1, -0.05) is 11.2 Å². The Morgan fingerprint density at radius 1 is 1.14 bits per heavy atom. The van der Waals surface area contributed by atoms with Crippen molar-refractivity contribution in [3.8, 4) is 28.5 Å². The molecule has 36 heavy (non-hydrogen) atoms. The summed E-state index contributed by atoms with van der Waals surface area (Å²) in [5.41, 5.74) is 8.81. The summed E-state index contributed by atoms with van der Waals surface area (Å²) >= 11 is 0. The Kier molecular flexibility index (Phi) is 5.16. The van der Waals surface area contributed by atoms with Crippen LogP contribution in [0.4, 0.5) is 14.7 Å². The zero-order chi connectivity index (χ0) is 25.0. The number of halogens is 2. The minimum absolute atomic E-state index is 0.0860. The molecule has 0 amide bonds. The Bertz CT molecular complexity index is 1680. The number of hydrogen-bond acceptors (Lipinski definition) is 7. The Labute approximate surface area is 204 Å². The molecule has 0 radical (unpaired) electrons. The largest absolute Gasteiger partial charge is 0.356 e. The predicted octanol–water partition coefficient (Wildman–Crippen LogP) is 4.59. The number of fused-ring (bicyclic) bond motifs is 2. The number of imidazole rings is 1. The predicted molar refractivity (Wildman–Crippen MR) is 130 cm³/mol. The van der Waals surface area contributed by atoms with Gasteiger partial charge in [0.15, 0.2) is 5.58 Å². The van der Waals surface area contributed by atoms with Crippen LogP contribution < -0.4 is 10.6 Å². The maximum absolute atomic E-state index is 15.6. The summed E-state index contributed by atoms with van der Waals surface area (Å²) in [5.74, 6) is -0.583. The van der Waals surface area contributed by atoms with E-state index in [4.69, 9.17) is 15.2 Å². The highest BCUT2D eigenvalue weighted by molar-refractivity contribution is 5.95. The van der Waals surface area contributed by atoms with Crippen molar-refractivity contribution in [1.29, 1.82) is 5.26 Å². The maximum atomic E-state index is 15.6. The van der Waals surface area contributed by atoms with Crippen molar-refractivity contribution in [1.82, 2.24) is 19.5 Å². The molecule has 1 fully saturated rings. The number of nitrogens with zero attached hydrogens (tertiary/aromatic N) is 6. The fraction of sp³-hybridized carbons (Fsp3) is 0.231. The average molecular weight is 485 g/mol. The standard InChI is InChI=1S/C26H21F2N7O/c1-14-18-11-21(28)19(12-22(18)36-33-14)23-24(15-2-3-16(13-29)20(27)10-15)32-26(35-9-6-31-25(23)35)34-7-4-17(30)5-8-34/h2-3,6,9-12,17H,4-5,7-8,30H2,1H3. The van der Waals surface area contributed by atoms with Crippen LogP contribution in [0.1, 0.15) is 24.1 Å². The van der Waals surface area contributed by atoms with E-state index in [0.717, 1.165) is 12.8 Å². The van der Waals surface area contributed by atoms with E-state index in [-0.39, 0.29) is 17.2 Å². The number of aromatic nitrogens is 4. The summed E-state index contributed by atoms with van der Waals surface area (Å²) < 4.78 is 37.5. The molecule has 1 aliphatic rings. The van der Waals surface area contributed by atoms with Crippen LogP contribution in [0, 0.1) is 29.9 Å². The molecule has 0 saturated carbocycles. The summed E-state index contributed by atoms with van der Waals surface area (Å²) in [6.45, 7) is 3.13. The van der Waals surface area contributed by atoms with Gasteiger partial charge in [-0.25, -0.2) is 18.7 Å². The molecular weight excluding hydrogens is 464 g/mol. The van der Waals surface area contributed by atoms with Gasteiger partial charge in [-0.15, -0.1) is 0 Å². The normalized spacial score (nSPS) is 14.6. The van der Waals surface area contributed by atoms with Crippen molar-refractivity contribution in [2.24, 2.45) is 5.73 Å². The molecule has 0 unspecified atom stereocenters. The zero-order valence-electron chi connectivity index (χ0n) is 19.4. The Hall–Kier alpha value is -4.36. The average Bonchev–Trinajstić information content (AvgIpc) is 3.50. The number of nitriles is 1. The number of hydrogen-bond donors (Lipinski definition) is 1. The van der Waals surface area contributed by atoms with E-state index in [0.29, 0.717) is 58.2 Å². The van der Waals surface area contributed by atoms with Crippen LogP contribution in [0.5, 0.6) is 0 Å². The van der Waals surface area contributed by atoms with Gasteiger partial charge in [0.1, 0.15) is 23.4 Å². The Balaban J connectivity index is 1.66. The van der Waals surface area contributed by atoms with Crippen molar-refractivity contribution < 1.29 is 13.3 Å². The fourth-order valence-corrected chi connectivity index (χ4v) is 4.77. The summed E-state index contributed by atoms with van der Waals surface area (Å²) in [7, 11) is 0. The fourth-order valence-electron chi connectivity index (χ4n) is 4.77. The van der Waals surface area contributed by atoms with Gasteiger partial charge in [-0.05, 0) is 44.0 Å². The number of anilines is 1. The second-order valence-electron chi connectivity index (χ2n) is 8.98. The molecule has 0 bridgehead atoms. The first-order chi connectivity index (χ1) is 17.4. The van der Waals surface area contributed by atoms with Gasteiger partial charge in [-0.3, -0.25) is 4.40 Å². The van der Waals surface area contributed by atoms with E-state index >= 15 is 4.39 Å². The van der Waals surface area contributed by atoms with Crippen LogP contribution in [0.3, 0.4) is 0 Å². The van der Waals surface area contributed by atoms with Crippen molar-refractivity contribution in [2.75, 3.05) is 18.0 Å². The number of piperidine rings is 1. The molecule has 2 aromatic carbocycles. The van der Waals surface area contributed by atoms with Crippen LogP contribution in [-0.4, -0.2) is 38.7 Å². The highest BCUT2D eigenvalue weighted by Gasteiger charge is 2.26. The van der Waals surface area contributed by atoms with Crippen LogP contribution in [0.2, 0.25) is 0 Å². The maximum Gasteiger partial charge on any atom is 0.211 e. The lowest BCUT2D eigenvalue weighted by molar-refractivity contribution is 0.450. The number of rotatable bonds is 3. The van der Waals surface area contributed by atoms with Crippen molar-refractivity contribution in [3.63, 3.8) is 0 Å². The zero-order valence-corrected chi connectivity index (χ0v) is 19.4. The second-order valence-corrected chi connectivity index (χ2v) is 8.98. The van der Waals surface area contributed by atoms with Crippen molar-refractivity contribution in [3.05, 3.63) is 65.6 Å². The molecule has 0 spiro atoms. The van der Waals surface area contributed by atoms with Crippen molar-refractivity contribution >= 4 is 22.6 Å². The number of aryl methyl sites for hydroxylation is 1. The van der Waals surface area contributed by atoms with Crippen LogP contribution in [-0.2, 0) is 0 Å². The quantitative estimate of drug-likeness (QED) is 0.398. The van der Waals surface area contributed by atoms with Gasteiger partial charge in [0.2, 0.25) is 5.95 Å². The lowest BCUT2D eigenvalue weighted by Crippen LogP contribution is -2.40. The molecule has 0 atom stereocenters. The molecule has 180 valence electrons. The summed E-state index contributed by atoms with van der Waals surface area (Å²) in [6, 6.07) is 9.15. The first-order valence-electron chi connectivity index (χ1n) is 11.6. The molecule has 6 rings (SSSR count). The van der Waals surface area contributed by atoms with Gasteiger partial charge in [-0.2, -0.15) is 5.26 Å². The Morgan fingerprint density at radius 3 is 2.69 bits per heavy atom. The minimum atomic E-state index is -0.682. The third kappa shape index (κ3) is 3.48. The monoisotopic (exact) mass is 485 g/mol. The number of benzene rings is 2. The summed E-state index contributed by atoms with van der Waals surface area (Å²) in [5, 5.41) is 13.7. The Morgan fingerprint density at radius 2 is 1.94 bits per heavy atom. The van der Waals surface area contributed by atoms with Crippen LogP contribution in [0.15, 0.2) is 47.2 Å². The third-order valence-electron chi connectivity index (χ3n) is 6.72. The van der Waals surface area contributed by atoms with Crippen molar-refractivity contribution in [2.45, 2.75) is 25.8 Å². The topological polar surface area (TPSA) is 109 Å². The van der Waals surface area contributed by atoms with E-state index in [1.54, 1.807) is 31.5 Å². The molecule has 10 heteroatoms. The molecule has 8 nitrogen and oxygen atoms in total. The van der Waals surface area contributed by atoms with Crippen LogP contribution >= 0.6 is 0 Å². The molecular formula is C26H21F2N7O. The van der Waals surface area contributed by atoms with Gasteiger partial charge in [0.05, 0.1) is 22.5 Å². The smallest absolute Gasteiger partial charge is 0.211 e. The second kappa shape index (κ2) is 8.39. The van der Waals surface area contributed by atoms with E-state index in [1.165, 1.54) is 18.2 Å².